The lowest BCUT2D eigenvalue weighted by Crippen LogP contribution is -2.26. The minimum atomic E-state index is -0.377. The molecule has 0 aliphatic carbocycles. The lowest BCUT2D eigenvalue weighted by atomic mass is 10.2. The molecule has 26 heavy (non-hydrogen) atoms. The third-order valence-electron chi connectivity index (χ3n) is 3.87. The molecule has 3 rings (SSSR count). The van der Waals surface area contributed by atoms with E-state index < -0.39 is 0 Å². The second kappa shape index (κ2) is 9.09. The van der Waals surface area contributed by atoms with Gasteiger partial charge in [0.2, 0.25) is 5.91 Å². The number of oxazole rings is 1. The number of nitrogens with one attached hydrogen (secondary N) is 1. The summed E-state index contributed by atoms with van der Waals surface area (Å²) in [5.74, 6) is 0.443. The zero-order chi connectivity index (χ0) is 18.4. The van der Waals surface area contributed by atoms with Crippen LogP contribution in [0.5, 0.6) is 0 Å². The van der Waals surface area contributed by atoms with Gasteiger partial charge in [0.15, 0.2) is 5.58 Å². The van der Waals surface area contributed by atoms with E-state index in [0.29, 0.717) is 31.5 Å². The van der Waals surface area contributed by atoms with Gasteiger partial charge in [0.25, 0.3) is 0 Å². The van der Waals surface area contributed by atoms with E-state index >= 15 is 0 Å². The zero-order valence-corrected chi connectivity index (χ0v) is 16.5. The molecule has 1 heterocycles. The average Bonchev–Trinajstić information content (AvgIpc) is 2.96. The number of aryl methyl sites for hydroxylation is 1. The number of benzene rings is 2. The van der Waals surface area contributed by atoms with Crippen LogP contribution in [-0.4, -0.2) is 22.8 Å². The molecular formula is C19H19BrN2O3S. The van der Waals surface area contributed by atoms with Gasteiger partial charge < -0.3 is 9.73 Å². The average molecular weight is 435 g/mol. The van der Waals surface area contributed by atoms with Crippen LogP contribution in [0.1, 0.15) is 12.8 Å². The molecule has 0 saturated carbocycles. The highest BCUT2D eigenvalue weighted by Gasteiger charge is 2.09. The van der Waals surface area contributed by atoms with Crippen LogP contribution in [0.4, 0.5) is 0 Å². The maximum atomic E-state index is 11.9. The highest BCUT2D eigenvalue weighted by molar-refractivity contribution is 9.10. The highest BCUT2D eigenvalue weighted by Crippen LogP contribution is 2.20. The number of para-hydroxylation sites is 2. The number of halogens is 1. The van der Waals surface area contributed by atoms with E-state index in [9.17, 15) is 9.59 Å². The summed E-state index contributed by atoms with van der Waals surface area (Å²) in [6, 6.07) is 15.4. The van der Waals surface area contributed by atoms with Crippen LogP contribution >= 0.6 is 27.7 Å². The van der Waals surface area contributed by atoms with Gasteiger partial charge in [-0.3, -0.25) is 9.36 Å². The van der Waals surface area contributed by atoms with Crippen LogP contribution in [0.15, 0.2) is 67.1 Å². The summed E-state index contributed by atoms with van der Waals surface area (Å²) in [6.07, 6.45) is 0.976. The van der Waals surface area contributed by atoms with Gasteiger partial charge in [-0.25, -0.2) is 4.79 Å². The van der Waals surface area contributed by atoms with Crippen LogP contribution in [0.25, 0.3) is 11.1 Å². The number of aromatic nitrogens is 1. The number of rotatable bonds is 8. The van der Waals surface area contributed by atoms with E-state index in [1.807, 2.05) is 42.5 Å². The Morgan fingerprint density at radius 2 is 1.92 bits per heavy atom. The van der Waals surface area contributed by atoms with Gasteiger partial charge in [-0.05, 0) is 42.8 Å². The number of carbonyl (C=O) groups is 1. The third kappa shape index (κ3) is 5.02. The van der Waals surface area contributed by atoms with E-state index in [2.05, 4.69) is 21.2 Å². The molecule has 0 saturated heterocycles. The van der Waals surface area contributed by atoms with Crippen molar-refractivity contribution in [2.75, 3.05) is 12.3 Å². The monoisotopic (exact) mass is 434 g/mol. The largest absolute Gasteiger partial charge is 0.419 e. The van der Waals surface area contributed by atoms with Gasteiger partial charge in [-0.15, -0.1) is 11.8 Å². The molecule has 0 bridgehead atoms. The summed E-state index contributed by atoms with van der Waals surface area (Å²) < 4.78 is 7.82. The fourth-order valence-electron chi connectivity index (χ4n) is 2.60. The Kier molecular flexibility index (Phi) is 6.57. The molecule has 136 valence electrons. The van der Waals surface area contributed by atoms with E-state index in [0.717, 1.165) is 15.7 Å². The molecule has 1 N–H and O–H groups in total. The molecule has 0 unspecified atom stereocenters. The maximum absolute atomic E-state index is 11.9. The van der Waals surface area contributed by atoms with Gasteiger partial charge in [0.05, 0.1) is 5.52 Å². The van der Waals surface area contributed by atoms with Crippen LogP contribution in [0, 0.1) is 0 Å². The van der Waals surface area contributed by atoms with Crippen molar-refractivity contribution < 1.29 is 9.21 Å². The first-order valence-corrected chi connectivity index (χ1v) is 10.1. The Morgan fingerprint density at radius 1 is 1.15 bits per heavy atom. The highest BCUT2D eigenvalue weighted by atomic mass is 79.9. The van der Waals surface area contributed by atoms with Crippen molar-refractivity contribution in [3.8, 4) is 0 Å². The summed E-state index contributed by atoms with van der Waals surface area (Å²) >= 11 is 5.11. The van der Waals surface area contributed by atoms with Gasteiger partial charge in [0, 0.05) is 34.6 Å². The molecule has 1 aromatic heterocycles. The predicted molar refractivity (Wildman–Crippen MR) is 108 cm³/mol. The Morgan fingerprint density at radius 3 is 2.73 bits per heavy atom. The van der Waals surface area contributed by atoms with Crippen LogP contribution in [0.3, 0.4) is 0 Å². The fourth-order valence-corrected chi connectivity index (χ4v) is 3.63. The Balaban J connectivity index is 1.38. The van der Waals surface area contributed by atoms with Gasteiger partial charge in [-0.1, -0.05) is 28.1 Å². The molecular weight excluding hydrogens is 416 g/mol. The Bertz CT molecular complexity index is 934. The van der Waals surface area contributed by atoms with E-state index in [1.165, 1.54) is 4.90 Å². The van der Waals surface area contributed by atoms with E-state index in [1.54, 1.807) is 22.4 Å². The molecule has 2 aromatic carbocycles. The van der Waals surface area contributed by atoms with Crippen molar-refractivity contribution in [1.29, 1.82) is 0 Å². The Hall–Kier alpha value is -1.99. The van der Waals surface area contributed by atoms with Crippen molar-refractivity contribution in [3.05, 3.63) is 63.6 Å². The summed E-state index contributed by atoms with van der Waals surface area (Å²) in [5, 5.41) is 2.92. The number of thioether (sulfide) groups is 1. The standard InChI is InChI=1S/C19H19BrN2O3S/c20-14-7-9-15(10-8-14)26-13-11-21-18(23)6-3-12-22-16-4-1-2-5-17(16)25-19(22)24/h1-2,4-5,7-10H,3,6,11-13H2,(H,21,23). The number of amides is 1. The zero-order valence-electron chi connectivity index (χ0n) is 14.1. The quantitative estimate of drug-likeness (QED) is 0.429. The lowest BCUT2D eigenvalue weighted by Gasteiger charge is -2.06. The SMILES string of the molecule is O=C(CCCn1c(=O)oc2ccccc21)NCCSc1ccc(Br)cc1. The number of fused-ring (bicyclic) bond motifs is 1. The molecule has 0 atom stereocenters. The van der Waals surface area contributed by atoms with Crippen LogP contribution in [0.2, 0.25) is 0 Å². The first kappa shape index (κ1) is 18.8. The summed E-state index contributed by atoms with van der Waals surface area (Å²) in [4.78, 5) is 25.0. The van der Waals surface area contributed by atoms with Crippen LogP contribution in [-0.2, 0) is 11.3 Å². The van der Waals surface area contributed by atoms with Crippen molar-refractivity contribution in [2.45, 2.75) is 24.3 Å². The summed E-state index contributed by atoms with van der Waals surface area (Å²) in [6.45, 7) is 1.09. The van der Waals surface area contributed by atoms with E-state index in [-0.39, 0.29) is 11.7 Å². The minimum absolute atomic E-state index is 0.00209. The molecule has 0 fully saturated rings. The van der Waals surface area contributed by atoms with Gasteiger partial charge in [-0.2, -0.15) is 0 Å². The lowest BCUT2D eigenvalue weighted by molar-refractivity contribution is -0.121. The first-order chi connectivity index (χ1) is 12.6. The topological polar surface area (TPSA) is 64.2 Å². The molecule has 5 nitrogen and oxygen atoms in total. The molecule has 0 aliphatic rings. The number of hydrogen-bond donors (Lipinski definition) is 1. The van der Waals surface area contributed by atoms with Gasteiger partial charge in [0.1, 0.15) is 0 Å². The number of carbonyl (C=O) groups excluding carboxylic acids is 1. The summed E-state index contributed by atoms with van der Waals surface area (Å²) in [5.41, 5.74) is 1.34. The predicted octanol–water partition coefficient (Wildman–Crippen LogP) is 4.05. The Labute approximate surface area is 163 Å². The number of nitrogens with zero attached hydrogens (tertiary/aromatic N) is 1. The molecule has 0 aliphatic heterocycles. The van der Waals surface area contributed by atoms with Crippen LogP contribution < -0.4 is 11.1 Å². The third-order valence-corrected chi connectivity index (χ3v) is 5.41. The van der Waals surface area contributed by atoms with Crippen molar-refractivity contribution in [3.63, 3.8) is 0 Å². The van der Waals surface area contributed by atoms with Crippen molar-refractivity contribution >= 4 is 44.7 Å². The van der Waals surface area contributed by atoms with Crippen molar-refractivity contribution in [1.82, 2.24) is 9.88 Å². The number of hydrogen-bond acceptors (Lipinski definition) is 4. The minimum Gasteiger partial charge on any atom is -0.408 e. The second-order valence-corrected chi connectivity index (χ2v) is 7.83. The maximum Gasteiger partial charge on any atom is 0.419 e. The molecule has 7 heteroatoms. The van der Waals surface area contributed by atoms with E-state index in [4.69, 9.17) is 4.42 Å². The molecule has 0 radical (unpaired) electrons. The van der Waals surface area contributed by atoms with Crippen molar-refractivity contribution in [2.24, 2.45) is 0 Å². The first-order valence-electron chi connectivity index (χ1n) is 8.37. The molecule has 0 spiro atoms. The second-order valence-electron chi connectivity index (χ2n) is 5.74. The normalized spacial score (nSPS) is 11.0. The fraction of sp³-hybridized carbons (Fsp3) is 0.263. The molecule has 3 aromatic rings. The molecule has 1 amide bonds. The smallest absolute Gasteiger partial charge is 0.408 e. The van der Waals surface area contributed by atoms with Gasteiger partial charge >= 0.3 is 5.76 Å². The summed E-state index contributed by atoms with van der Waals surface area (Å²) in [7, 11) is 0.